The summed E-state index contributed by atoms with van der Waals surface area (Å²) in [6.45, 7) is 0. The molecule has 5 nitrogen and oxygen atoms in total. The van der Waals surface area contributed by atoms with Crippen LogP contribution in [0.2, 0.25) is 0 Å². The zero-order valence-corrected chi connectivity index (χ0v) is 30.3. The summed E-state index contributed by atoms with van der Waals surface area (Å²) in [7, 11) is 0. The van der Waals surface area contributed by atoms with Gasteiger partial charge >= 0.3 is 0 Å². The molecule has 0 unspecified atom stereocenters. The monoisotopic (exact) mass is 712 g/mol. The van der Waals surface area contributed by atoms with E-state index in [0.717, 1.165) is 107 Å². The number of hydrogen-bond donors (Lipinski definition) is 0. The van der Waals surface area contributed by atoms with Crippen molar-refractivity contribution in [3.8, 4) is 5.69 Å². The summed E-state index contributed by atoms with van der Waals surface area (Å²) < 4.78 is 11.7. The van der Waals surface area contributed by atoms with Crippen molar-refractivity contribution < 1.29 is 14.0 Å². The second-order valence-corrected chi connectivity index (χ2v) is 17.2. The predicted molar refractivity (Wildman–Crippen MR) is 221 cm³/mol. The van der Waals surface area contributed by atoms with Crippen LogP contribution in [0.4, 0.5) is 0 Å². The van der Waals surface area contributed by atoms with E-state index in [9.17, 15) is 9.59 Å². The molecule has 2 fully saturated rings. The second kappa shape index (κ2) is 10.0. The van der Waals surface area contributed by atoms with E-state index < -0.39 is 0 Å². The zero-order chi connectivity index (χ0) is 35.8. The molecule has 0 atom stereocenters. The quantitative estimate of drug-likeness (QED) is 0.170. The highest BCUT2D eigenvalue weighted by Crippen LogP contribution is 2.52. The summed E-state index contributed by atoms with van der Waals surface area (Å²) in [5.74, 6) is 1.73. The van der Waals surface area contributed by atoms with Gasteiger partial charge in [0.15, 0.2) is 11.6 Å². The molecule has 4 aromatic heterocycles. The van der Waals surface area contributed by atoms with Crippen LogP contribution in [0, 0.1) is 11.8 Å². The van der Waals surface area contributed by atoms with Crippen molar-refractivity contribution in [2.24, 2.45) is 11.8 Å². The van der Waals surface area contributed by atoms with Gasteiger partial charge in [-0.15, -0.1) is 0 Å². The minimum atomic E-state index is 0.123. The third-order valence-electron chi connectivity index (χ3n) is 14.8. The molecule has 4 bridgehead atoms. The van der Waals surface area contributed by atoms with Gasteiger partial charge in [-0.25, -0.2) is 0 Å². The molecule has 0 aliphatic heterocycles. The van der Waals surface area contributed by atoms with Gasteiger partial charge < -0.3 is 13.4 Å². The number of hydrogen-bond acceptors (Lipinski definition) is 3. The first-order valence-corrected chi connectivity index (χ1v) is 20.4. The summed E-state index contributed by atoms with van der Waals surface area (Å²) in [6.07, 6.45) is 8.27. The van der Waals surface area contributed by atoms with Crippen LogP contribution in [0.1, 0.15) is 95.0 Å². The van der Waals surface area contributed by atoms with Crippen LogP contribution in [0.15, 0.2) is 101 Å². The first-order chi connectivity index (χ1) is 27.1. The number of ketones is 2. The van der Waals surface area contributed by atoms with Crippen LogP contribution in [0.5, 0.6) is 0 Å². The van der Waals surface area contributed by atoms with Gasteiger partial charge in [-0.1, -0.05) is 36.4 Å². The Balaban J connectivity index is 1.12. The van der Waals surface area contributed by atoms with Gasteiger partial charge in [0.05, 0.1) is 27.6 Å². The van der Waals surface area contributed by atoms with Crippen molar-refractivity contribution in [1.82, 2.24) is 8.97 Å². The molecular formula is C50H36N2O3. The number of carbonyl (C=O) groups is 2. The molecule has 0 spiro atoms. The molecule has 264 valence electrons. The Hall–Kier alpha value is -5.94. The summed E-state index contributed by atoms with van der Waals surface area (Å²) in [5.41, 5.74) is 12.8. The summed E-state index contributed by atoms with van der Waals surface area (Å²) in [6, 6.07) is 35.4. The van der Waals surface area contributed by atoms with Gasteiger partial charge in [0.1, 0.15) is 11.2 Å². The number of aromatic nitrogens is 2. The summed E-state index contributed by atoms with van der Waals surface area (Å²) >= 11 is 0. The predicted octanol–water partition coefficient (Wildman–Crippen LogP) is 12.8. The molecule has 10 aromatic rings. The lowest BCUT2D eigenvalue weighted by Crippen LogP contribution is -2.15. The van der Waals surface area contributed by atoms with Crippen molar-refractivity contribution >= 4 is 93.4 Å². The summed E-state index contributed by atoms with van der Waals surface area (Å²) in [4.78, 5) is 28.2. The molecule has 0 amide bonds. The van der Waals surface area contributed by atoms with E-state index >= 15 is 0 Å². The fourth-order valence-electron chi connectivity index (χ4n) is 12.2. The highest BCUT2D eigenvalue weighted by molar-refractivity contribution is 6.35. The van der Waals surface area contributed by atoms with Crippen LogP contribution in [-0.2, 0) is 0 Å². The van der Waals surface area contributed by atoms with Gasteiger partial charge in [0, 0.05) is 77.8 Å². The smallest absolute Gasteiger partial charge is 0.166 e. The second-order valence-electron chi connectivity index (χ2n) is 17.2. The van der Waals surface area contributed by atoms with Gasteiger partial charge in [-0.2, -0.15) is 0 Å². The number of benzene rings is 6. The number of nitrogens with zero attached hydrogens (tertiary/aromatic N) is 2. The molecule has 2 saturated carbocycles. The Morgan fingerprint density at radius 3 is 1.65 bits per heavy atom. The van der Waals surface area contributed by atoms with Crippen molar-refractivity contribution in [2.75, 3.05) is 0 Å². The molecule has 6 aromatic carbocycles. The summed E-state index contributed by atoms with van der Waals surface area (Å²) in [5, 5.41) is 9.40. The first kappa shape index (κ1) is 29.4. The Labute approximate surface area is 315 Å². The van der Waals surface area contributed by atoms with Gasteiger partial charge in [-0.05, 0) is 129 Å². The molecule has 16 rings (SSSR count). The van der Waals surface area contributed by atoms with Crippen molar-refractivity contribution in [2.45, 2.75) is 63.2 Å². The van der Waals surface area contributed by atoms with Gasteiger partial charge in [0.25, 0.3) is 0 Å². The lowest BCUT2D eigenvalue weighted by Gasteiger charge is -2.22. The Kier molecular flexibility index (Phi) is 5.36. The topological polar surface area (TPSA) is 56.6 Å². The third kappa shape index (κ3) is 3.57. The van der Waals surface area contributed by atoms with E-state index in [1.807, 2.05) is 0 Å². The highest BCUT2D eigenvalue weighted by Gasteiger charge is 2.38. The molecule has 0 saturated heterocycles. The average molecular weight is 713 g/mol. The highest BCUT2D eigenvalue weighted by atomic mass is 16.3. The van der Waals surface area contributed by atoms with E-state index in [2.05, 4.69) is 106 Å². The van der Waals surface area contributed by atoms with Gasteiger partial charge in [0.2, 0.25) is 0 Å². The zero-order valence-electron chi connectivity index (χ0n) is 30.3. The third-order valence-corrected chi connectivity index (χ3v) is 14.8. The van der Waals surface area contributed by atoms with Crippen molar-refractivity contribution in [3.05, 3.63) is 119 Å². The lowest BCUT2D eigenvalue weighted by atomic mass is 9.82. The maximum Gasteiger partial charge on any atom is 0.166 e. The van der Waals surface area contributed by atoms with Crippen molar-refractivity contribution in [1.29, 1.82) is 0 Å². The van der Waals surface area contributed by atoms with E-state index in [1.54, 1.807) is 0 Å². The molecule has 5 heteroatoms. The molecule has 0 radical (unpaired) electrons. The number of Topliss-reactive ketones (excluding diaryl/α,β-unsaturated/α-hetero) is 2. The minimum absolute atomic E-state index is 0.123. The number of para-hydroxylation sites is 2. The van der Waals surface area contributed by atoms with Gasteiger partial charge in [-0.3, -0.25) is 9.59 Å². The molecule has 0 N–H and O–H groups in total. The molecule has 55 heavy (non-hydrogen) atoms. The number of rotatable bonds is 1. The normalized spacial score (nSPS) is 22.4. The van der Waals surface area contributed by atoms with Crippen molar-refractivity contribution in [3.63, 3.8) is 0 Å². The molecule has 6 aliphatic carbocycles. The molecule has 6 aliphatic rings. The number of fused-ring (bicyclic) bond motifs is 17. The minimum Gasteiger partial charge on any atom is -0.456 e. The SMILES string of the molecule is O=C1c2cc3c(cc2C2CCC1CC2)c1cc2oc4cc(-n5c6ccccc6c6ccccc65)ccc4c2c2c4cc5c(cc4n3c12)C(=O)C1CCC5CC1. The maximum absolute atomic E-state index is 14.1. The van der Waals surface area contributed by atoms with E-state index in [4.69, 9.17) is 4.42 Å². The lowest BCUT2D eigenvalue weighted by molar-refractivity contribution is 0.0891. The van der Waals surface area contributed by atoms with Crippen LogP contribution < -0.4 is 0 Å². The molecule has 4 heterocycles. The van der Waals surface area contributed by atoms with Crippen LogP contribution in [0.3, 0.4) is 0 Å². The Morgan fingerprint density at radius 1 is 0.455 bits per heavy atom. The van der Waals surface area contributed by atoms with Crippen LogP contribution in [-0.4, -0.2) is 20.5 Å². The van der Waals surface area contributed by atoms with E-state index in [0.29, 0.717) is 23.4 Å². The fourth-order valence-corrected chi connectivity index (χ4v) is 12.2. The van der Waals surface area contributed by atoms with E-state index in [-0.39, 0.29) is 11.8 Å². The Morgan fingerprint density at radius 2 is 1.02 bits per heavy atom. The number of carbonyl (C=O) groups excluding carboxylic acids is 2. The standard InChI is InChI=1S/C50H36N2O3/c53-49-27-13-9-25(10-14-27)33-20-35-36-24-45-46(32-18-17-29(19-44(32)55-45)51-40-7-3-1-5-30(40)31-6-2-4-8-41(31)51)47-39-21-34-26-11-15-28(16-12-26)50(54)38(34)23-43(39)52(48(36)47)42(35)22-37(33)49/h1-8,17-28H,9-16H2. The van der Waals surface area contributed by atoms with E-state index in [1.165, 1.54) is 54.6 Å². The molecular weight excluding hydrogens is 677 g/mol. The fraction of sp³-hybridized carbons (Fsp3) is 0.240. The van der Waals surface area contributed by atoms with Crippen LogP contribution in [0.25, 0.3) is 87.5 Å². The first-order valence-electron chi connectivity index (χ1n) is 20.4. The Bertz CT molecular complexity index is 3340. The van der Waals surface area contributed by atoms with Crippen LogP contribution >= 0.6 is 0 Å². The average Bonchev–Trinajstić information content (AvgIpc) is 3.87. The maximum atomic E-state index is 14.1. The largest absolute Gasteiger partial charge is 0.456 e. The number of furan rings is 1.